The molecule has 0 amide bonds. The first kappa shape index (κ1) is 19.8. The van der Waals surface area contributed by atoms with Crippen molar-refractivity contribution in [2.75, 3.05) is 20.1 Å². The number of thiophene rings is 1. The van der Waals surface area contributed by atoms with E-state index in [0.717, 1.165) is 41.3 Å². The smallest absolute Gasteiger partial charge is 0.259 e. The van der Waals surface area contributed by atoms with Crippen molar-refractivity contribution in [1.82, 2.24) is 19.2 Å². The highest BCUT2D eigenvalue weighted by Crippen LogP contribution is 2.33. The van der Waals surface area contributed by atoms with Crippen LogP contribution in [0.25, 0.3) is 10.2 Å². The number of nitrogens with one attached hydrogen (secondary N) is 1. The van der Waals surface area contributed by atoms with Crippen molar-refractivity contribution in [2.45, 2.75) is 58.0 Å². The third-order valence-corrected chi connectivity index (χ3v) is 7.25. The van der Waals surface area contributed by atoms with Crippen LogP contribution in [-0.2, 0) is 13.0 Å². The minimum absolute atomic E-state index is 0.0497. The van der Waals surface area contributed by atoms with E-state index in [4.69, 9.17) is 5.14 Å². The molecule has 144 valence electrons. The first-order chi connectivity index (χ1) is 12.6. The van der Waals surface area contributed by atoms with Crippen molar-refractivity contribution in [1.29, 1.82) is 0 Å². The zero-order valence-electron chi connectivity index (χ0n) is 15.7. The maximum Gasteiger partial charge on any atom is 0.259 e. The molecule has 0 saturated heterocycles. The Morgan fingerprint density at radius 3 is 2.88 bits per heavy atom. The summed E-state index contributed by atoms with van der Waals surface area (Å²) >= 11 is 2.85. The van der Waals surface area contributed by atoms with Crippen molar-refractivity contribution < 1.29 is 0 Å². The monoisotopic (exact) mass is 395 g/mol. The molecule has 3 N–H and O–H groups in total. The number of fused-ring (bicyclic) bond motifs is 3. The molecule has 0 unspecified atom stereocenters. The van der Waals surface area contributed by atoms with Crippen LogP contribution >= 0.6 is 23.5 Å². The van der Waals surface area contributed by atoms with Gasteiger partial charge in [0.2, 0.25) is 0 Å². The summed E-state index contributed by atoms with van der Waals surface area (Å²) in [5.74, 6) is 0. The summed E-state index contributed by atoms with van der Waals surface area (Å²) in [6.45, 7) is 5.11. The minimum Gasteiger partial charge on any atom is -0.313 e. The summed E-state index contributed by atoms with van der Waals surface area (Å²) in [6, 6.07) is 0.902. The Morgan fingerprint density at radius 1 is 1.42 bits per heavy atom. The fraction of sp³-hybridized carbons (Fsp3) is 0.667. The Balaban J connectivity index is 0.000000170. The lowest BCUT2D eigenvalue weighted by atomic mass is 9.95. The number of hydrogen-bond acceptors (Lipinski definition) is 7. The highest BCUT2D eigenvalue weighted by molar-refractivity contribution is 7.94. The maximum atomic E-state index is 11.8. The molecule has 8 heteroatoms. The van der Waals surface area contributed by atoms with Gasteiger partial charge in [0.1, 0.15) is 4.83 Å². The van der Waals surface area contributed by atoms with Crippen molar-refractivity contribution in [3.63, 3.8) is 0 Å². The summed E-state index contributed by atoms with van der Waals surface area (Å²) in [5, 5.41) is 6.29. The Morgan fingerprint density at radius 2 is 2.19 bits per heavy atom. The third-order valence-electron chi connectivity index (χ3n) is 5.45. The van der Waals surface area contributed by atoms with Crippen LogP contribution in [0.4, 0.5) is 0 Å². The van der Waals surface area contributed by atoms with Crippen molar-refractivity contribution >= 4 is 33.7 Å². The fourth-order valence-electron chi connectivity index (χ4n) is 3.77. The molecule has 2 aromatic heterocycles. The van der Waals surface area contributed by atoms with E-state index in [2.05, 4.69) is 33.1 Å². The number of hydrogen-bond donors (Lipinski definition) is 2. The fourth-order valence-corrected chi connectivity index (χ4v) is 5.31. The van der Waals surface area contributed by atoms with Gasteiger partial charge in [0.25, 0.3) is 5.56 Å². The first-order valence-corrected chi connectivity index (χ1v) is 11.1. The molecule has 1 aliphatic carbocycles. The molecule has 1 aliphatic heterocycles. The molecular weight excluding hydrogens is 366 g/mol. The third kappa shape index (κ3) is 4.48. The van der Waals surface area contributed by atoms with Gasteiger partial charge in [-0.15, -0.1) is 11.3 Å². The Labute approximate surface area is 163 Å². The quantitative estimate of drug-likeness (QED) is 0.778. The van der Waals surface area contributed by atoms with Gasteiger partial charge in [0.05, 0.1) is 11.7 Å². The standard InChI is InChI=1S/C9H10N4OS2.C9H19N/c10-16-13-2-1-6-5(3-13)7-8(14)11-4-12-9(7)15-6;1-3-10(2)9-7-5-4-6-8-9/h4H,1-3,10H2,(H,11,12,14);9H,3-8H2,1-2H3. The maximum absolute atomic E-state index is 11.8. The van der Waals surface area contributed by atoms with E-state index in [-0.39, 0.29) is 5.56 Å². The first-order valence-electron chi connectivity index (χ1n) is 9.44. The molecule has 26 heavy (non-hydrogen) atoms. The van der Waals surface area contributed by atoms with E-state index in [1.54, 1.807) is 11.3 Å². The molecule has 2 aliphatic rings. The molecular formula is C18H29N5OS2. The van der Waals surface area contributed by atoms with E-state index >= 15 is 0 Å². The number of rotatable bonds is 3. The van der Waals surface area contributed by atoms with Crippen LogP contribution in [0.5, 0.6) is 0 Å². The Bertz CT molecular complexity index is 769. The van der Waals surface area contributed by atoms with Gasteiger partial charge in [0, 0.05) is 36.1 Å². The number of H-pyrrole nitrogens is 1. The molecule has 1 fully saturated rings. The van der Waals surface area contributed by atoms with E-state index in [0.29, 0.717) is 0 Å². The lowest BCUT2D eigenvalue weighted by molar-refractivity contribution is 0.200. The van der Waals surface area contributed by atoms with Crippen LogP contribution in [-0.4, -0.2) is 45.4 Å². The molecule has 0 spiro atoms. The SMILES string of the molecule is CCN(C)C1CCCCC1.NSN1CCc2sc3nc[nH]c(=O)c3c2C1. The average Bonchev–Trinajstić information content (AvgIpc) is 3.07. The zero-order chi connectivity index (χ0) is 18.5. The Kier molecular flexibility index (Phi) is 7.11. The second-order valence-corrected chi connectivity index (χ2v) is 8.81. The van der Waals surface area contributed by atoms with Crippen molar-refractivity contribution in [3.05, 3.63) is 27.1 Å². The van der Waals surface area contributed by atoms with Gasteiger partial charge < -0.3 is 9.88 Å². The lowest BCUT2D eigenvalue weighted by Gasteiger charge is -2.29. The van der Waals surface area contributed by atoms with Crippen LogP contribution < -0.4 is 10.7 Å². The molecule has 2 aromatic rings. The highest BCUT2D eigenvalue weighted by Gasteiger charge is 2.22. The molecule has 0 radical (unpaired) electrons. The summed E-state index contributed by atoms with van der Waals surface area (Å²) in [4.78, 5) is 23.2. The zero-order valence-corrected chi connectivity index (χ0v) is 17.3. The molecule has 0 aromatic carbocycles. The summed E-state index contributed by atoms with van der Waals surface area (Å²) in [6.07, 6.45) is 9.65. The summed E-state index contributed by atoms with van der Waals surface area (Å²) in [5.41, 5.74) is 1.05. The molecule has 0 atom stereocenters. The molecule has 6 nitrogen and oxygen atoms in total. The number of nitrogens with two attached hydrogens (primary N) is 1. The van der Waals surface area contributed by atoms with Crippen LogP contribution in [0.15, 0.2) is 11.1 Å². The predicted molar refractivity (Wildman–Crippen MR) is 111 cm³/mol. The highest BCUT2D eigenvalue weighted by atomic mass is 32.2. The van der Waals surface area contributed by atoms with Gasteiger partial charge in [-0.1, -0.05) is 26.2 Å². The van der Waals surface area contributed by atoms with Gasteiger partial charge in [0.15, 0.2) is 0 Å². The number of nitrogens with zero attached hydrogens (tertiary/aromatic N) is 3. The van der Waals surface area contributed by atoms with Gasteiger partial charge in [-0.3, -0.25) is 9.93 Å². The van der Waals surface area contributed by atoms with Crippen LogP contribution in [0.2, 0.25) is 0 Å². The van der Waals surface area contributed by atoms with Gasteiger partial charge in [-0.05, 0) is 38.4 Å². The number of aromatic amines is 1. The van der Waals surface area contributed by atoms with E-state index < -0.39 is 0 Å². The summed E-state index contributed by atoms with van der Waals surface area (Å²) in [7, 11) is 2.25. The van der Waals surface area contributed by atoms with Crippen LogP contribution in [0.1, 0.15) is 49.5 Å². The van der Waals surface area contributed by atoms with E-state index in [9.17, 15) is 4.79 Å². The minimum atomic E-state index is -0.0497. The van der Waals surface area contributed by atoms with Crippen LogP contribution in [0, 0.1) is 0 Å². The molecule has 1 saturated carbocycles. The van der Waals surface area contributed by atoms with Crippen LogP contribution in [0.3, 0.4) is 0 Å². The molecule has 4 rings (SSSR count). The molecule has 3 heterocycles. The summed E-state index contributed by atoms with van der Waals surface area (Å²) < 4.78 is 2.06. The second kappa shape index (κ2) is 9.32. The van der Waals surface area contributed by atoms with Gasteiger partial charge in [-0.2, -0.15) is 0 Å². The van der Waals surface area contributed by atoms with Gasteiger partial charge >= 0.3 is 0 Å². The Hall–Kier alpha value is -0.930. The van der Waals surface area contributed by atoms with E-state index in [1.165, 1.54) is 62.0 Å². The second-order valence-electron chi connectivity index (χ2n) is 7.00. The molecule has 0 bridgehead atoms. The largest absolute Gasteiger partial charge is 0.313 e. The van der Waals surface area contributed by atoms with Crippen molar-refractivity contribution in [3.8, 4) is 0 Å². The normalized spacial score (nSPS) is 18.6. The lowest BCUT2D eigenvalue weighted by Crippen LogP contribution is -2.32. The van der Waals surface area contributed by atoms with Gasteiger partial charge in [-0.25, -0.2) is 9.29 Å². The van der Waals surface area contributed by atoms with E-state index in [1.807, 2.05) is 0 Å². The topological polar surface area (TPSA) is 78.2 Å². The predicted octanol–water partition coefficient (Wildman–Crippen LogP) is 3.14. The number of aromatic nitrogens is 2. The average molecular weight is 396 g/mol. The van der Waals surface area contributed by atoms with Crippen molar-refractivity contribution in [2.24, 2.45) is 5.14 Å².